The smallest absolute Gasteiger partial charge is 0.138 e. The van der Waals surface area contributed by atoms with Crippen LogP contribution in [0, 0.1) is 50.2 Å². The number of hydrogen-bond acceptors (Lipinski definition) is 1. The van der Waals surface area contributed by atoms with E-state index < -0.39 is 0 Å². The van der Waals surface area contributed by atoms with Crippen molar-refractivity contribution in [2.24, 2.45) is 50.2 Å². The molecule has 174 valence electrons. The highest BCUT2D eigenvalue weighted by molar-refractivity contribution is 5.85. The van der Waals surface area contributed by atoms with Gasteiger partial charge in [-0.05, 0) is 103 Å². The zero-order valence-electron chi connectivity index (χ0n) is 21.8. The van der Waals surface area contributed by atoms with Gasteiger partial charge >= 0.3 is 0 Å². The first kappa shape index (κ1) is 22.2. The van der Waals surface area contributed by atoms with Gasteiger partial charge in [-0.15, -0.1) is 0 Å². The summed E-state index contributed by atoms with van der Waals surface area (Å²) in [4.78, 5) is 12.9. The van der Waals surface area contributed by atoms with Gasteiger partial charge in [0.15, 0.2) is 0 Å². The summed E-state index contributed by atoms with van der Waals surface area (Å²) in [6, 6.07) is 0. The van der Waals surface area contributed by atoms with Gasteiger partial charge in [0.2, 0.25) is 0 Å². The summed E-state index contributed by atoms with van der Waals surface area (Å²) in [5, 5.41) is 0. The second-order valence-electron chi connectivity index (χ2n) is 14.9. The lowest BCUT2D eigenvalue weighted by Crippen LogP contribution is -2.65. The Labute approximate surface area is 192 Å². The molecule has 0 aromatic rings. The number of ketones is 1. The first-order valence-corrected chi connectivity index (χ1v) is 13.5. The fraction of sp³-hybridized carbons (Fsp3) is 0.900. The van der Waals surface area contributed by atoms with Crippen LogP contribution in [0.25, 0.3) is 0 Å². The van der Waals surface area contributed by atoms with E-state index in [0.717, 1.165) is 24.7 Å². The number of carbonyl (C=O) groups is 1. The van der Waals surface area contributed by atoms with Crippen LogP contribution in [-0.2, 0) is 4.79 Å². The lowest BCUT2D eigenvalue weighted by Gasteiger charge is -2.72. The highest BCUT2D eigenvalue weighted by atomic mass is 16.1. The maximum atomic E-state index is 12.9. The molecule has 0 N–H and O–H groups in total. The minimum absolute atomic E-state index is 0.132. The van der Waals surface area contributed by atoms with E-state index in [1.54, 1.807) is 0 Å². The van der Waals surface area contributed by atoms with E-state index in [2.05, 4.69) is 61.5 Å². The van der Waals surface area contributed by atoms with Crippen molar-refractivity contribution >= 4 is 5.78 Å². The maximum absolute atomic E-state index is 12.9. The molecule has 0 aromatic carbocycles. The van der Waals surface area contributed by atoms with Crippen molar-refractivity contribution in [2.75, 3.05) is 0 Å². The molecule has 1 heteroatoms. The lowest BCUT2D eigenvalue weighted by atomic mass is 9.32. The molecule has 5 rings (SSSR count). The van der Waals surface area contributed by atoms with Crippen LogP contribution >= 0.6 is 0 Å². The summed E-state index contributed by atoms with van der Waals surface area (Å²) < 4.78 is 0. The third kappa shape index (κ3) is 2.70. The molecule has 5 aliphatic rings. The quantitative estimate of drug-likeness (QED) is 0.357. The number of hydrogen-bond donors (Lipinski definition) is 0. The molecule has 0 bridgehead atoms. The van der Waals surface area contributed by atoms with Gasteiger partial charge in [-0.25, -0.2) is 0 Å². The molecule has 0 amide bonds. The maximum Gasteiger partial charge on any atom is 0.138 e. The van der Waals surface area contributed by atoms with E-state index in [4.69, 9.17) is 0 Å². The summed E-state index contributed by atoms with van der Waals surface area (Å²) >= 11 is 0. The van der Waals surface area contributed by atoms with Crippen LogP contribution < -0.4 is 0 Å². The van der Waals surface area contributed by atoms with E-state index in [1.807, 2.05) is 5.57 Å². The van der Waals surface area contributed by atoms with E-state index in [1.165, 1.54) is 51.4 Å². The minimum Gasteiger partial charge on any atom is -0.299 e. The Balaban J connectivity index is 1.57. The number of allylic oxidation sites excluding steroid dienone is 2. The monoisotopic (exact) mass is 424 g/mol. The van der Waals surface area contributed by atoms with Crippen molar-refractivity contribution in [2.45, 2.75) is 120 Å². The molecule has 5 aliphatic carbocycles. The second-order valence-corrected chi connectivity index (χ2v) is 14.9. The van der Waals surface area contributed by atoms with Gasteiger partial charge in [0.1, 0.15) is 5.78 Å². The molecule has 0 aromatic heterocycles. The number of Topliss-reactive ketones (excluding diaryl/α,β-unsaturated/α-hetero) is 1. The normalized spacial score (nSPS) is 52.8. The van der Waals surface area contributed by atoms with Gasteiger partial charge in [-0.1, -0.05) is 67.0 Å². The highest BCUT2D eigenvalue weighted by Crippen LogP contribution is 2.76. The van der Waals surface area contributed by atoms with Gasteiger partial charge in [-0.3, -0.25) is 4.79 Å². The zero-order valence-corrected chi connectivity index (χ0v) is 21.8. The minimum atomic E-state index is -0.132. The average Bonchev–Trinajstić information content (AvgIpc) is 2.67. The van der Waals surface area contributed by atoms with Crippen molar-refractivity contribution in [3.63, 3.8) is 0 Å². The van der Waals surface area contributed by atoms with Crippen LogP contribution in [-0.4, -0.2) is 5.78 Å². The van der Waals surface area contributed by atoms with Crippen LogP contribution in [0.4, 0.5) is 0 Å². The highest BCUT2D eigenvalue weighted by Gasteiger charge is 2.68. The van der Waals surface area contributed by atoms with E-state index in [9.17, 15) is 4.79 Å². The predicted octanol–water partition coefficient (Wildman–Crippen LogP) is 8.38. The third-order valence-electron chi connectivity index (χ3n) is 12.7. The van der Waals surface area contributed by atoms with Crippen LogP contribution in [0.3, 0.4) is 0 Å². The Morgan fingerprint density at radius 1 is 0.710 bits per heavy atom. The molecule has 4 saturated carbocycles. The second kappa shape index (κ2) is 6.29. The van der Waals surface area contributed by atoms with Crippen molar-refractivity contribution in [1.82, 2.24) is 0 Å². The van der Waals surface area contributed by atoms with Crippen molar-refractivity contribution in [1.29, 1.82) is 0 Å². The Hall–Kier alpha value is -0.590. The summed E-state index contributed by atoms with van der Waals surface area (Å²) in [7, 11) is 0. The molecular formula is C30H48O. The largest absolute Gasteiger partial charge is 0.299 e. The summed E-state index contributed by atoms with van der Waals surface area (Å²) in [5.41, 5.74) is 3.68. The molecule has 7 atom stereocenters. The van der Waals surface area contributed by atoms with E-state index in [0.29, 0.717) is 38.8 Å². The van der Waals surface area contributed by atoms with Crippen LogP contribution in [0.1, 0.15) is 120 Å². The SMILES string of the molecule is CC1(C)C=C2[C@H]3CC[C@@H]4[C@@]5(C)CCC(=O)C(C)(C)[C@@H]5CC[C@@]4(C)[C@]3(C)CC[C@@]2(C)CC1. The van der Waals surface area contributed by atoms with Crippen LogP contribution in [0.15, 0.2) is 11.6 Å². The summed E-state index contributed by atoms with van der Waals surface area (Å²) in [5.74, 6) is 2.64. The third-order valence-corrected chi connectivity index (χ3v) is 12.7. The van der Waals surface area contributed by atoms with Crippen LogP contribution in [0.5, 0.6) is 0 Å². The topological polar surface area (TPSA) is 17.1 Å². The molecule has 0 heterocycles. The fourth-order valence-corrected chi connectivity index (χ4v) is 10.4. The first-order chi connectivity index (χ1) is 14.2. The molecule has 1 nitrogen and oxygen atoms in total. The van der Waals surface area contributed by atoms with Crippen LogP contribution in [0.2, 0.25) is 0 Å². The number of rotatable bonds is 0. The molecule has 0 aliphatic heterocycles. The van der Waals surface area contributed by atoms with Crippen molar-refractivity contribution in [3.8, 4) is 0 Å². The standard InChI is InChI=1S/C30H48O/c1-25(2)15-16-27(5)17-18-29(7)20(21(27)19-25)9-10-23-28(6)13-12-24(31)26(3,4)22(28)11-14-30(23,29)8/h19-20,22-23H,9-18H2,1-8H3/t20-,22+,23-,27-,28+,29-,30-/m1/s1. The molecule has 0 spiro atoms. The first-order valence-electron chi connectivity index (χ1n) is 13.5. The van der Waals surface area contributed by atoms with Gasteiger partial charge in [0, 0.05) is 11.8 Å². The number of carbonyl (C=O) groups excluding carboxylic acids is 1. The molecular weight excluding hydrogens is 376 g/mol. The number of fused-ring (bicyclic) bond motifs is 7. The van der Waals surface area contributed by atoms with Gasteiger partial charge < -0.3 is 0 Å². The fourth-order valence-electron chi connectivity index (χ4n) is 10.4. The van der Waals surface area contributed by atoms with Gasteiger partial charge in [0.05, 0.1) is 0 Å². The molecule has 4 fully saturated rings. The average molecular weight is 425 g/mol. The Bertz CT molecular complexity index is 831. The van der Waals surface area contributed by atoms with Gasteiger partial charge in [-0.2, -0.15) is 0 Å². The Morgan fingerprint density at radius 3 is 2.10 bits per heavy atom. The molecule has 31 heavy (non-hydrogen) atoms. The Kier molecular flexibility index (Phi) is 4.51. The van der Waals surface area contributed by atoms with Crippen molar-refractivity contribution in [3.05, 3.63) is 11.6 Å². The van der Waals surface area contributed by atoms with Crippen molar-refractivity contribution < 1.29 is 4.79 Å². The zero-order chi connectivity index (χ0) is 22.7. The predicted molar refractivity (Wildman–Crippen MR) is 130 cm³/mol. The summed E-state index contributed by atoms with van der Waals surface area (Å²) in [6.07, 6.45) is 15.6. The molecule has 0 radical (unpaired) electrons. The van der Waals surface area contributed by atoms with Gasteiger partial charge in [0.25, 0.3) is 0 Å². The lowest BCUT2D eigenvalue weighted by molar-refractivity contribution is -0.211. The Morgan fingerprint density at radius 2 is 1.39 bits per heavy atom. The molecule has 0 saturated heterocycles. The van der Waals surface area contributed by atoms with E-state index in [-0.39, 0.29) is 5.41 Å². The summed E-state index contributed by atoms with van der Waals surface area (Å²) in [6.45, 7) is 20.1. The molecule has 0 unspecified atom stereocenters. The van der Waals surface area contributed by atoms with E-state index >= 15 is 0 Å².